The lowest BCUT2D eigenvalue weighted by Crippen LogP contribution is -2.06. The van der Waals surface area contributed by atoms with Gasteiger partial charge in [-0.1, -0.05) is 42.5 Å². The Hall–Kier alpha value is -2.61. The van der Waals surface area contributed by atoms with E-state index in [-0.39, 0.29) is 11.8 Å². The number of hydrogen-bond acceptors (Lipinski definition) is 2. The van der Waals surface area contributed by atoms with Gasteiger partial charge in [0, 0.05) is 5.56 Å². The van der Waals surface area contributed by atoms with Crippen LogP contribution in [0, 0.1) is 11.3 Å². The van der Waals surface area contributed by atoms with Gasteiger partial charge in [-0.15, -0.1) is 0 Å². The molecule has 0 aromatic heterocycles. The van der Waals surface area contributed by atoms with E-state index >= 15 is 0 Å². The summed E-state index contributed by atoms with van der Waals surface area (Å²) in [7, 11) is 0. The molecule has 2 aromatic carbocycles. The molecule has 5 heteroatoms. The Morgan fingerprint density at radius 2 is 1.64 bits per heavy atom. The molecule has 0 N–H and O–H groups in total. The summed E-state index contributed by atoms with van der Waals surface area (Å²) in [6, 6.07) is 15.5. The molecule has 112 valence electrons. The van der Waals surface area contributed by atoms with Crippen molar-refractivity contribution in [3.05, 3.63) is 71.3 Å². The van der Waals surface area contributed by atoms with E-state index in [1.807, 2.05) is 43.3 Å². The maximum absolute atomic E-state index is 12.5. The molecule has 2 rings (SSSR count). The van der Waals surface area contributed by atoms with E-state index in [1.165, 1.54) is 12.1 Å². The number of rotatable bonds is 3. The first-order valence-electron chi connectivity index (χ1n) is 6.62. The van der Waals surface area contributed by atoms with Crippen LogP contribution in [0.25, 0.3) is 0 Å². The fourth-order valence-corrected chi connectivity index (χ4v) is 1.98. The third kappa shape index (κ3) is 3.73. The van der Waals surface area contributed by atoms with Crippen molar-refractivity contribution in [3.63, 3.8) is 0 Å². The highest BCUT2D eigenvalue weighted by molar-refractivity contribution is 6.11. The van der Waals surface area contributed by atoms with Gasteiger partial charge in [-0.25, -0.2) is 0 Å². The summed E-state index contributed by atoms with van der Waals surface area (Å²) in [5, 5.41) is 9.20. The molecule has 0 amide bonds. The first kappa shape index (κ1) is 15.8. The average molecular weight is 302 g/mol. The molecule has 0 unspecified atom stereocenters. The molecule has 0 fully saturated rings. The van der Waals surface area contributed by atoms with E-state index in [1.54, 1.807) is 0 Å². The van der Waals surface area contributed by atoms with E-state index in [0.717, 1.165) is 17.7 Å². The van der Waals surface area contributed by atoms with E-state index in [4.69, 9.17) is 0 Å². The predicted molar refractivity (Wildman–Crippen MR) is 78.5 cm³/mol. The van der Waals surface area contributed by atoms with Gasteiger partial charge in [-0.2, -0.15) is 18.4 Å². The van der Waals surface area contributed by atoms with Gasteiger partial charge >= 0.3 is 6.18 Å². The number of nitriles is 1. The number of aliphatic imine (C=N–C) groups is 1. The van der Waals surface area contributed by atoms with Crippen molar-refractivity contribution in [2.75, 3.05) is 0 Å². The van der Waals surface area contributed by atoms with Gasteiger partial charge in [0.05, 0.1) is 11.6 Å². The van der Waals surface area contributed by atoms with Gasteiger partial charge in [-0.3, -0.25) is 4.99 Å². The molecule has 0 saturated carbocycles. The van der Waals surface area contributed by atoms with Crippen molar-refractivity contribution >= 4 is 5.71 Å². The molecule has 2 nitrogen and oxygen atoms in total. The summed E-state index contributed by atoms with van der Waals surface area (Å²) in [6.45, 7) is 1.83. The first-order valence-corrected chi connectivity index (χ1v) is 6.62. The second-order valence-electron chi connectivity index (χ2n) is 4.75. The van der Waals surface area contributed by atoms with Gasteiger partial charge in [0.1, 0.15) is 11.8 Å². The molecule has 0 heterocycles. The van der Waals surface area contributed by atoms with Gasteiger partial charge in [0.15, 0.2) is 0 Å². The van der Waals surface area contributed by atoms with Crippen LogP contribution in [0.2, 0.25) is 0 Å². The predicted octanol–water partition coefficient (Wildman–Crippen LogP) is 4.78. The quantitative estimate of drug-likeness (QED) is 0.752. The maximum Gasteiger partial charge on any atom is 0.416 e. The minimum Gasteiger partial charge on any atom is -0.266 e. The zero-order valence-electron chi connectivity index (χ0n) is 11.8. The second kappa shape index (κ2) is 6.44. The standard InChI is InChI=1S/C17H13F3N2/c1-12(13-5-3-2-4-6-13)22-16(11-21)14-7-9-15(10-8-14)17(18,19)20/h2-10,12H,1H3/t12-/m1/s1. The fraction of sp³-hybridized carbons (Fsp3) is 0.176. The van der Waals surface area contributed by atoms with Crippen molar-refractivity contribution in [3.8, 4) is 6.07 Å². The molecule has 0 spiro atoms. The van der Waals surface area contributed by atoms with Crippen molar-refractivity contribution in [1.82, 2.24) is 0 Å². The van der Waals surface area contributed by atoms with Gasteiger partial charge < -0.3 is 0 Å². The molecule has 1 atom stereocenters. The molecule has 0 saturated heterocycles. The van der Waals surface area contributed by atoms with Crippen LogP contribution >= 0.6 is 0 Å². The summed E-state index contributed by atoms with van der Waals surface area (Å²) in [5.41, 5.74) is 0.676. The smallest absolute Gasteiger partial charge is 0.266 e. The monoisotopic (exact) mass is 302 g/mol. The average Bonchev–Trinajstić information content (AvgIpc) is 2.52. The Morgan fingerprint density at radius 1 is 1.05 bits per heavy atom. The van der Waals surface area contributed by atoms with E-state index in [2.05, 4.69) is 4.99 Å². The van der Waals surface area contributed by atoms with Gasteiger partial charge in [0.25, 0.3) is 0 Å². The SMILES string of the molecule is C[C@@H](N=C(C#N)c1ccc(C(F)(F)F)cc1)c1ccccc1. The summed E-state index contributed by atoms with van der Waals surface area (Å²) < 4.78 is 37.6. The molecular weight excluding hydrogens is 289 g/mol. The second-order valence-corrected chi connectivity index (χ2v) is 4.75. The van der Waals surface area contributed by atoms with Crippen LogP contribution in [-0.2, 0) is 6.18 Å². The molecule has 0 radical (unpaired) electrons. The zero-order valence-corrected chi connectivity index (χ0v) is 11.8. The summed E-state index contributed by atoms with van der Waals surface area (Å²) >= 11 is 0. The molecule has 22 heavy (non-hydrogen) atoms. The van der Waals surface area contributed by atoms with Crippen LogP contribution in [0.4, 0.5) is 13.2 Å². The molecule has 0 bridgehead atoms. The number of alkyl halides is 3. The Morgan fingerprint density at radius 3 is 2.14 bits per heavy atom. The summed E-state index contributed by atoms with van der Waals surface area (Å²) in [6.07, 6.45) is -4.39. The van der Waals surface area contributed by atoms with Crippen LogP contribution < -0.4 is 0 Å². The first-order chi connectivity index (χ1) is 10.4. The minimum atomic E-state index is -4.39. The molecule has 0 aliphatic carbocycles. The topological polar surface area (TPSA) is 36.1 Å². The van der Waals surface area contributed by atoms with Crippen LogP contribution in [0.1, 0.15) is 29.7 Å². The number of halogens is 3. The summed E-state index contributed by atoms with van der Waals surface area (Å²) in [5.74, 6) is 0. The summed E-state index contributed by atoms with van der Waals surface area (Å²) in [4.78, 5) is 4.30. The van der Waals surface area contributed by atoms with Gasteiger partial charge in [0.2, 0.25) is 0 Å². The normalized spacial score (nSPS) is 13.5. The molecule has 0 aliphatic rings. The van der Waals surface area contributed by atoms with E-state index < -0.39 is 11.7 Å². The number of hydrogen-bond donors (Lipinski definition) is 0. The number of nitrogens with zero attached hydrogens (tertiary/aromatic N) is 2. The van der Waals surface area contributed by atoms with Crippen LogP contribution in [-0.4, -0.2) is 5.71 Å². The molecule has 0 aliphatic heterocycles. The number of benzene rings is 2. The van der Waals surface area contributed by atoms with E-state index in [9.17, 15) is 18.4 Å². The fourth-order valence-electron chi connectivity index (χ4n) is 1.98. The highest BCUT2D eigenvalue weighted by Crippen LogP contribution is 2.29. The lowest BCUT2D eigenvalue weighted by atomic mass is 10.1. The Bertz CT molecular complexity index is 695. The third-order valence-corrected chi connectivity index (χ3v) is 3.20. The van der Waals surface area contributed by atoms with Crippen LogP contribution in [0.15, 0.2) is 59.6 Å². The van der Waals surface area contributed by atoms with Crippen LogP contribution in [0.5, 0.6) is 0 Å². The van der Waals surface area contributed by atoms with Crippen molar-refractivity contribution < 1.29 is 13.2 Å². The van der Waals surface area contributed by atoms with Crippen molar-refractivity contribution in [2.45, 2.75) is 19.1 Å². The van der Waals surface area contributed by atoms with Crippen molar-refractivity contribution in [2.24, 2.45) is 4.99 Å². The maximum atomic E-state index is 12.5. The minimum absolute atomic E-state index is 0.116. The largest absolute Gasteiger partial charge is 0.416 e. The van der Waals surface area contributed by atoms with Crippen LogP contribution in [0.3, 0.4) is 0 Å². The van der Waals surface area contributed by atoms with Gasteiger partial charge in [-0.05, 0) is 24.6 Å². The zero-order chi connectivity index (χ0) is 16.2. The van der Waals surface area contributed by atoms with Crippen molar-refractivity contribution in [1.29, 1.82) is 5.26 Å². The Kier molecular flexibility index (Phi) is 4.62. The molecular formula is C17H13F3N2. The lowest BCUT2D eigenvalue weighted by Gasteiger charge is -2.09. The highest BCUT2D eigenvalue weighted by Gasteiger charge is 2.30. The highest BCUT2D eigenvalue weighted by atomic mass is 19.4. The van der Waals surface area contributed by atoms with E-state index in [0.29, 0.717) is 5.56 Å². The lowest BCUT2D eigenvalue weighted by molar-refractivity contribution is -0.137. The Labute approximate surface area is 126 Å². The Balaban J connectivity index is 2.29. The molecule has 2 aromatic rings. The third-order valence-electron chi connectivity index (χ3n) is 3.20.